The number of ether oxygens (including phenoxy) is 1. The van der Waals surface area contributed by atoms with Gasteiger partial charge in [0.05, 0.1) is 6.54 Å². The van der Waals surface area contributed by atoms with Gasteiger partial charge in [0.25, 0.3) is 0 Å². The van der Waals surface area contributed by atoms with Gasteiger partial charge >= 0.3 is 6.09 Å². The van der Waals surface area contributed by atoms with Crippen molar-refractivity contribution < 1.29 is 14.3 Å². The molecule has 1 N–H and O–H groups in total. The number of para-hydroxylation sites is 1. The molecule has 3 rings (SSSR count). The van der Waals surface area contributed by atoms with Crippen molar-refractivity contribution in [1.29, 1.82) is 0 Å². The van der Waals surface area contributed by atoms with Gasteiger partial charge in [0, 0.05) is 43.1 Å². The number of piperazine rings is 1. The maximum Gasteiger partial charge on any atom is 0.415 e. The number of aromatic amines is 1. The van der Waals surface area contributed by atoms with Crippen molar-refractivity contribution in [1.82, 2.24) is 14.8 Å². The van der Waals surface area contributed by atoms with Gasteiger partial charge in [-0.2, -0.15) is 0 Å². The lowest BCUT2D eigenvalue weighted by Crippen LogP contribution is -2.50. The molecule has 1 fully saturated rings. The lowest BCUT2D eigenvalue weighted by atomic mass is 10.1. The van der Waals surface area contributed by atoms with Crippen LogP contribution >= 0.6 is 0 Å². The number of carbonyl (C=O) groups is 2. The summed E-state index contributed by atoms with van der Waals surface area (Å²) in [6, 6.07) is 10.9. The Morgan fingerprint density at radius 1 is 1.08 bits per heavy atom. The van der Waals surface area contributed by atoms with E-state index in [1.54, 1.807) is 17.0 Å². The highest BCUT2D eigenvalue weighted by molar-refractivity contribution is 5.98. The molecule has 132 valence electrons. The summed E-state index contributed by atoms with van der Waals surface area (Å²) in [5.41, 5.74) is 2.66. The zero-order chi connectivity index (χ0) is 17.8. The fourth-order valence-corrected chi connectivity index (χ4v) is 3.04. The van der Waals surface area contributed by atoms with E-state index >= 15 is 0 Å². The van der Waals surface area contributed by atoms with Crippen molar-refractivity contribution in [3.8, 4) is 5.75 Å². The van der Waals surface area contributed by atoms with E-state index in [2.05, 4.69) is 9.88 Å². The molecule has 0 saturated carbocycles. The SMILES string of the molecule is Cc1cc(C(=O)CN2CCN(C(=O)Oc3ccccc3)CC2)c(C)[nH]1. The summed E-state index contributed by atoms with van der Waals surface area (Å²) in [5, 5.41) is 0. The molecule has 0 spiro atoms. The molecule has 1 aromatic carbocycles. The lowest BCUT2D eigenvalue weighted by molar-refractivity contribution is 0.0845. The van der Waals surface area contributed by atoms with Crippen LogP contribution in [0.3, 0.4) is 0 Å². The van der Waals surface area contributed by atoms with Crippen LogP contribution in [0.2, 0.25) is 0 Å². The predicted molar refractivity (Wildman–Crippen MR) is 95.1 cm³/mol. The number of aryl methyl sites for hydroxylation is 2. The summed E-state index contributed by atoms with van der Waals surface area (Å²) in [6.45, 7) is 6.68. The number of rotatable bonds is 4. The summed E-state index contributed by atoms with van der Waals surface area (Å²) >= 11 is 0. The number of amides is 1. The molecule has 25 heavy (non-hydrogen) atoms. The first-order valence-corrected chi connectivity index (χ1v) is 8.46. The molecule has 0 bridgehead atoms. The average molecular weight is 341 g/mol. The van der Waals surface area contributed by atoms with Crippen molar-refractivity contribution in [3.05, 3.63) is 53.3 Å². The van der Waals surface area contributed by atoms with Crippen LogP contribution in [0.25, 0.3) is 0 Å². The van der Waals surface area contributed by atoms with Gasteiger partial charge in [-0.1, -0.05) is 18.2 Å². The third-order valence-corrected chi connectivity index (χ3v) is 4.40. The summed E-state index contributed by atoms with van der Waals surface area (Å²) in [7, 11) is 0. The molecule has 0 aliphatic carbocycles. The fourth-order valence-electron chi connectivity index (χ4n) is 3.04. The lowest BCUT2D eigenvalue weighted by Gasteiger charge is -2.33. The van der Waals surface area contributed by atoms with Gasteiger partial charge in [-0.15, -0.1) is 0 Å². The van der Waals surface area contributed by atoms with Crippen molar-refractivity contribution in [3.63, 3.8) is 0 Å². The topological polar surface area (TPSA) is 65.6 Å². The number of hydrogen-bond donors (Lipinski definition) is 1. The Balaban J connectivity index is 1.49. The third kappa shape index (κ3) is 4.28. The highest BCUT2D eigenvalue weighted by Gasteiger charge is 2.24. The average Bonchev–Trinajstić information content (AvgIpc) is 2.95. The Kier molecular flexibility index (Phi) is 5.19. The van der Waals surface area contributed by atoms with Crippen LogP contribution in [0, 0.1) is 13.8 Å². The molecule has 0 radical (unpaired) electrons. The summed E-state index contributed by atoms with van der Waals surface area (Å²) < 4.78 is 5.36. The summed E-state index contributed by atoms with van der Waals surface area (Å²) in [6.07, 6.45) is -0.339. The van der Waals surface area contributed by atoms with Crippen molar-refractivity contribution in [2.75, 3.05) is 32.7 Å². The molecule has 2 aromatic rings. The molecule has 6 nitrogen and oxygen atoms in total. The molecule has 2 heterocycles. The first-order chi connectivity index (χ1) is 12.0. The summed E-state index contributed by atoms with van der Waals surface area (Å²) in [4.78, 5) is 31.5. The number of carbonyl (C=O) groups excluding carboxylic acids is 2. The Hall–Kier alpha value is -2.60. The maximum atomic E-state index is 12.4. The highest BCUT2D eigenvalue weighted by atomic mass is 16.6. The van der Waals surface area contributed by atoms with Crippen LogP contribution < -0.4 is 4.74 Å². The molecule has 1 amide bonds. The van der Waals surface area contributed by atoms with Gasteiger partial charge < -0.3 is 14.6 Å². The van der Waals surface area contributed by atoms with Gasteiger partial charge in [-0.05, 0) is 32.0 Å². The highest BCUT2D eigenvalue weighted by Crippen LogP contribution is 2.14. The Morgan fingerprint density at radius 3 is 2.36 bits per heavy atom. The van der Waals surface area contributed by atoms with E-state index in [1.165, 1.54) is 0 Å². The molecule has 0 atom stereocenters. The van der Waals surface area contributed by atoms with Gasteiger partial charge in [0.1, 0.15) is 5.75 Å². The predicted octanol–water partition coefficient (Wildman–Crippen LogP) is 2.63. The molecule has 6 heteroatoms. The van der Waals surface area contributed by atoms with Crippen LogP contribution in [-0.4, -0.2) is 59.4 Å². The van der Waals surface area contributed by atoms with E-state index in [9.17, 15) is 9.59 Å². The van der Waals surface area contributed by atoms with Crippen molar-refractivity contribution in [2.45, 2.75) is 13.8 Å². The van der Waals surface area contributed by atoms with Gasteiger partial charge in [-0.3, -0.25) is 9.69 Å². The molecular formula is C19H23N3O3. The molecule has 0 unspecified atom stereocenters. The van der Waals surface area contributed by atoms with E-state index in [4.69, 9.17) is 4.74 Å². The van der Waals surface area contributed by atoms with Crippen LogP contribution in [0.4, 0.5) is 4.79 Å². The largest absolute Gasteiger partial charge is 0.415 e. The van der Waals surface area contributed by atoms with E-state index in [0.29, 0.717) is 38.5 Å². The van der Waals surface area contributed by atoms with Crippen LogP contribution in [0.5, 0.6) is 5.75 Å². The minimum atomic E-state index is -0.339. The molecule has 1 aliphatic rings. The number of Topliss-reactive ketones (excluding diaryl/α,β-unsaturated/α-hetero) is 1. The Labute approximate surface area is 147 Å². The maximum absolute atomic E-state index is 12.4. The number of aromatic nitrogens is 1. The third-order valence-electron chi connectivity index (χ3n) is 4.40. The number of ketones is 1. The monoisotopic (exact) mass is 341 g/mol. The fraction of sp³-hybridized carbons (Fsp3) is 0.368. The van der Waals surface area contributed by atoms with E-state index < -0.39 is 0 Å². The quantitative estimate of drug-likeness (QED) is 0.868. The standard InChI is InChI=1S/C19H23N3O3/c1-14-12-17(15(2)20-14)18(23)13-21-8-10-22(11-9-21)19(24)25-16-6-4-3-5-7-16/h3-7,12,20H,8-11,13H2,1-2H3. The second-order valence-electron chi connectivity index (χ2n) is 6.36. The molecule has 1 saturated heterocycles. The molecule has 1 aromatic heterocycles. The number of H-pyrrole nitrogens is 1. The molecular weight excluding hydrogens is 318 g/mol. The van der Waals surface area contributed by atoms with Crippen LogP contribution in [0.15, 0.2) is 36.4 Å². The van der Waals surface area contributed by atoms with Crippen LogP contribution in [0.1, 0.15) is 21.7 Å². The van der Waals surface area contributed by atoms with Crippen LogP contribution in [-0.2, 0) is 0 Å². The van der Waals surface area contributed by atoms with Crippen molar-refractivity contribution in [2.24, 2.45) is 0 Å². The number of nitrogens with one attached hydrogen (secondary N) is 1. The number of benzene rings is 1. The smallest absolute Gasteiger partial charge is 0.410 e. The first-order valence-electron chi connectivity index (χ1n) is 8.46. The minimum absolute atomic E-state index is 0.113. The second-order valence-corrected chi connectivity index (χ2v) is 6.36. The zero-order valence-electron chi connectivity index (χ0n) is 14.6. The number of hydrogen-bond acceptors (Lipinski definition) is 4. The zero-order valence-corrected chi connectivity index (χ0v) is 14.6. The number of nitrogens with zero attached hydrogens (tertiary/aromatic N) is 2. The molecule has 1 aliphatic heterocycles. The Morgan fingerprint density at radius 2 is 1.76 bits per heavy atom. The first kappa shape index (κ1) is 17.2. The minimum Gasteiger partial charge on any atom is -0.410 e. The van der Waals surface area contributed by atoms with E-state index in [0.717, 1.165) is 17.0 Å². The van der Waals surface area contributed by atoms with Crippen molar-refractivity contribution >= 4 is 11.9 Å². The summed E-state index contributed by atoms with van der Waals surface area (Å²) in [5.74, 6) is 0.658. The second kappa shape index (κ2) is 7.53. The van der Waals surface area contributed by atoms with E-state index in [1.807, 2.05) is 38.1 Å². The van der Waals surface area contributed by atoms with E-state index in [-0.39, 0.29) is 11.9 Å². The van der Waals surface area contributed by atoms with Gasteiger partial charge in [-0.25, -0.2) is 4.79 Å². The Bertz CT molecular complexity index is 747. The van der Waals surface area contributed by atoms with Gasteiger partial charge in [0.15, 0.2) is 5.78 Å². The normalized spacial score (nSPS) is 15.2. The van der Waals surface area contributed by atoms with Gasteiger partial charge in [0.2, 0.25) is 0 Å².